The van der Waals surface area contributed by atoms with E-state index in [2.05, 4.69) is 20.7 Å². The fraction of sp³-hybridized carbons (Fsp3) is 0.0714. The molecule has 106 valence electrons. The molecule has 0 saturated carbocycles. The second-order valence-electron chi connectivity index (χ2n) is 4.45. The quantitative estimate of drug-likeness (QED) is 0.510. The summed E-state index contributed by atoms with van der Waals surface area (Å²) >= 11 is 1.41. The number of nitrogens with zero attached hydrogens (tertiary/aromatic N) is 2. The number of carbonyl (C=O) groups excluding carboxylic acids is 1. The zero-order chi connectivity index (χ0) is 14.8. The Kier molecular flexibility index (Phi) is 3.51. The Balaban J connectivity index is 1.98. The summed E-state index contributed by atoms with van der Waals surface area (Å²) in [6, 6.07) is 9.10. The average molecular weight is 299 g/mol. The van der Waals surface area contributed by atoms with E-state index < -0.39 is 0 Å². The number of hydrazine groups is 1. The molecule has 4 N–H and O–H groups in total. The van der Waals surface area contributed by atoms with Gasteiger partial charge in [-0.2, -0.15) is 0 Å². The Bertz CT molecular complexity index is 814. The number of aromatic nitrogens is 2. The van der Waals surface area contributed by atoms with E-state index in [0.29, 0.717) is 16.3 Å². The molecular weight excluding hydrogens is 286 g/mol. The van der Waals surface area contributed by atoms with Gasteiger partial charge in [0.1, 0.15) is 5.69 Å². The molecule has 2 aromatic heterocycles. The first-order valence-corrected chi connectivity index (χ1v) is 7.09. The number of thiazole rings is 1. The van der Waals surface area contributed by atoms with E-state index in [9.17, 15) is 4.79 Å². The summed E-state index contributed by atoms with van der Waals surface area (Å²) in [6.07, 6.45) is 1.71. The van der Waals surface area contributed by atoms with Gasteiger partial charge in [-0.05, 0) is 19.1 Å². The first kappa shape index (κ1) is 13.5. The van der Waals surface area contributed by atoms with Gasteiger partial charge in [-0.25, -0.2) is 9.97 Å². The van der Waals surface area contributed by atoms with Crippen LogP contribution in [-0.2, 0) is 0 Å². The molecule has 3 aromatic rings. The molecule has 3 rings (SSSR count). The topological polar surface area (TPSA) is 92.9 Å². The number of pyridine rings is 1. The van der Waals surface area contributed by atoms with Crippen molar-refractivity contribution < 1.29 is 4.79 Å². The van der Waals surface area contributed by atoms with Gasteiger partial charge in [0.2, 0.25) is 0 Å². The number of anilines is 2. The number of rotatable bonds is 3. The molecular formula is C14H13N5OS. The highest BCUT2D eigenvalue weighted by Gasteiger charge is 2.13. The predicted molar refractivity (Wildman–Crippen MR) is 84.4 cm³/mol. The Morgan fingerprint density at radius 3 is 2.86 bits per heavy atom. The van der Waals surface area contributed by atoms with Crippen molar-refractivity contribution in [2.75, 3.05) is 10.7 Å². The molecule has 1 aromatic carbocycles. The number of carbonyl (C=O) groups is 1. The van der Waals surface area contributed by atoms with Crippen molar-refractivity contribution in [1.82, 2.24) is 9.97 Å². The number of amides is 1. The van der Waals surface area contributed by atoms with Crippen LogP contribution in [0.1, 0.15) is 15.4 Å². The summed E-state index contributed by atoms with van der Waals surface area (Å²) in [5.74, 6) is 5.21. The molecule has 0 aliphatic rings. The van der Waals surface area contributed by atoms with Crippen molar-refractivity contribution in [2.45, 2.75) is 6.92 Å². The number of fused-ring (bicyclic) bond motifs is 1. The molecule has 6 nitrogen and oxygen atoms in total. The maximum atomic E-state index is 12.3. The maximum Gasteiger partial charge on any atom is 0.276 e. The van der Waals surface area contributed by atoms with Crippen LogP contribution in [0.15, 0.2) is 36.5 Å². The lowest BCUT2D eigenvalue weighted by atomic mass is 10.1. The van der Waals surface area contributed by atoms with Crippen LogP contribution in [0.2, 0.25) is 0 Å². The minimum atomic E-state index is -0.313. The number of aryl methyl sites for hydroxylation is 1. The van der Waals surface area contributed by atoms with E-state index in [1.165, 1.54) is 11.3 Å². The summed E-state index contributed by atoms with van der Waals surface area (Å²) in [5.41, 5.74) is 4.24. The lowest BCUT2D eigenvalue weighted by molar-refractivity contribution is 0.102. The predicted octanol–water partition coefficient (Wildman–Crippen LogP) is 2.54. The number of nitrogens with one attached hydrogen (secondary N) is 2. The number of hydrogen-bond acceptors (Lipinski definition) is 6. The van der Waals surface area contributed by atoms with Crippen molar-refractivity contribution in [3.63, 3.8) is 0 Å². The number of benzene rings is 1. The van der Waals surface area contributed by atoms with Gasteiger partial charge in [-0.1, -0.05) is 18.2 Å². The van der Waals surface area contributed by atoms with Crippen LogP contribution < -0.4 is 16.6 Å². The van der Waals surface area contributed by atoms with Crippen LogP contribution >= 0.6 is 11.3 Å². The van der Waals surface area contributed by atoms with Gasteiger partial charge in [0, 0.05) is 16.5 Å². The Hall–Kier alpha value is -2.51. The average Bonchev–Trinajstić information content (AvgIpc) is 2.91. The summed E-state index contributed by atoms with van der Waals surface area (Å²) in [7, 11) is 0. The third-order valence-electron chi connectivity index (χ3n) is 2.95. The second-order valence-corrected chi connectivity index (χ2v) is 5.68. The molecule has 0 spiro atoms. The molecule has 0 atom stereocenters. The lowest BCUT2D eigenvalue weighted by Crippen LogP contribution is -2.15. The van der Waals surface area contributed by atoms with E-state index >= 15 is 0 Å². The van der Waals surface area contributed by atoms with Crippen LogP contribution in [0, 0.1) is 6.92 Å². The number of hydrogen-bond donors (Lipinski definition) is 3. The Morgan fingerprint density at radius 1 is 1.33 bits per heavy atom. The lowest BCUT2D eigenvalue weighted by Gasteiger charge is -2.08. The normalized spacial score (nSPS) is 10.6. The van der Waals surface area contributed by atoms with E-state index in [-0.39, 0.29) is 11.6 Å². The fourth-order valence-electron chi connectivity index (χ4n) is 1.98. The van der Waals surface area contributed by atoms with E-state index in [1.54, 1.807) is 12.3 Å². The maximum absolute atomic E-state index is 12.3. The molecule has 0 aliphatic carbocycles. The van der Waals surface area contributed by atoms with Crippen molar-refractivity contribution in [2.24, 2.45) is 5.84 Å². The molecule has 0 aliphatic heterocycles. The highest BCUT2D eigenvalue weighted by molar-refractivity contribution is 7.15. The third-order valence-corrected chi connectivity index (χ3v) is 3.77. The summed E-state index contributed by atoms with van der Waals surface area (Å²) in [6.45, 7) is 1.93. The highest BCUT2D eigenvalue weighted by atomic mass is 32.1. The monoisotopic (exact) mass is 299 g/mol. The minimum absolute atomic E-state index is 0.287. The van der Waals surface area contributed by atoms with Crippen LogP contribution in [-0.4, -0.2) is 15.9 Å². The molecule has 0 saturated heterocycles. The summed E-state index contributed by atoms with van der Waals surface area (Å²) in [5, 5.41) is 4.15. The van der Waals surface area contributed by atoms with E-state index in [4.69, 9.17) is 5.84 Å². The molecule has 0 fully saturated rings. The molecule has 0 unspecified atom stereocenters. The van der Waals surface area contributed by atoms with Gasteiger partial charge < -0.3 is 5.43 Å². The zero-order valence-corrected chi connectivity index (χ0v) is 12.1. The standard InChI is InChI=1S/C14H13N5OS/c1-8-7-16-14(21-8)18-13(20)12-6-11(19-15)9-4-2-3-5-10(9)17-12/h2-7H,15H2,1H3,(H,17,19)(H,16,18,20). The van der Waals surface area contributed by atoms with Crippen LogP contribution in [0.25, 0.3) is 10.9 Å². The fourth-order valence-corrected chi connectivity index (χ4v) is 2.64. The largest absolute Gasteiger partial charge is 0.323 e. The second kappa shape index (κ2) is 5.47. The van der Waals surface area contributed by atoms with Crippen molar-refractivity contribution >= 4 is 39.0 Å². The molecule has 0 bridgehead atoms. The van der Waals surface area contributed by atoms with E-state index in [1.807, 2.05) is 31.2 Å². The van der Waals surface area contributed by atoms with Gasteiger partial charge in [0.25, 0.3) is 5.91 Å². The molecule has 21 heavy (non-hydrogen) atoms. The smallest absolute Gasteiger partial charge is 0.276 e. The third kappa shape index (κ3) is 2.69. The molecule has 0 radical (unpaired) electrons. The van der Waals surface area contributed by atoms with Crippen LogP contribution in [0.3, 0.4) is 0 Å². The van der Waals surface area contributed by atoms with Crippen molar-refractivity contribution in [1.29, 1.82) is 0 Å². The van der Waals surface area contributed by atoms with Crippen molar-refractivity contribution in [3.8, 4) is 0 Å². The summed E-state index contributed by atoms with van der Waals surface area (Å²) in [4.78, 5) is 21.7. The van der Waals surface area contributed by atoms with Crippen molar-refractivity contribution in [3.05, 3.63) is 47.1 Å². The van der Waals surface area contributed by atoms with Gasteiger partial charge >= 0.3 is 0 Å². The number of nitrogens with two attached hydrogens (primary N) is 1. The summed E-state index contributed by atoms with van der Waals surface area (Å²) < 4.78 is 0. The van der Waals surface area contributed by atoms with Gasteiger partial charge in [0.05, 0.1) is 11.2 Å². The highest BCUT2D eigenvalue weighted by Crippen LogP contribution is 2.23. The number of para-hydroxylation sites is 1. The van der Waals surface area contributed by atoms with Gasteiger partial charge in [-0.15, -0.1) is 11.3 Å². The minimum Gasteiger partial charge on any atom is -0.323 e. The van der Waals surface area contributed by atoms with Crippen LogP contribution in [0.5, 0.6) is 0 Å². The first-order chi connectivity index (χ1) is 10.2. The van der Waals surface area contributed by atoms with Crippen LogP contribution in [0.4, 0.5) is 10.8 Å². The van der Waals surface area contributed by atoms with E-state index in [0.717, 1.165) is 10.3 Å². The SMILES string of the molecule is Cc1cnc(NC(=O)c2cc(NN)c3ccccc3n2)s1. The van der Waals surface area contributed by atoms with Gasteiger partial charge in [-0.3, -0.25) is 16.0 Å². The number of nitrogen functional groups attached to an aromatic ring is 1. The molecule has 2 heterocycles. The first-order valence-electron chi connectivity index (χ1n) is 6.27. The van der Waals surface area contributed by atoms with Gasteiger partial charge in [0.15, 0.2) is 5.13 Å². The molecule has 1 amide bonds. The Labute approximate surface area is 125 Å². The molecule has 7 heteroatoms. The Morgan fingerprint density at radius 2 is 2.14 bits per heavy atom. The zero-order valence-electron chi connectivity index (χ0n) is 11.3.